The molecule has 1 fully saturated rings. The van der Waals surface area contributed by atoms with Crippen molar-refractivity contribution in [2.75, 3.05) is 19.3 Å². The molecule has 20 heavy (non-hydrogen) atoms. The topological polar surface area (TPSA) is 44.1 Å². The minimum Gasteiger partial charge on any atom is -0.338 e. The number of piperidine rings is 1. The van der Waals surface area contributed by atoms with Crippen LogP contribution in [0, 0.1) is 11.3 Å². The van der Waals surface area contributed by atoms with Gasteiger partial charge in [-0.3, -0.25) is 4.79 Å². The first-order valence-corrected chi connectivity index (χ1v) is 8.22. The molecule has 1 heterocycles. The monoisotopic (exact) mass is 288 g/mol. The van der Waals surface area contributed by atoms with Gasteiger partial charge in [-0.05, 0) is 37.1 Å². The second-order valence-electron chi connectivity index (χ2n) is 5.11. The lowest BCUT2D eigenvalue weighted by Crippen LogP contribution is -2.44. The van der Waals surface area contributed by atoms with Gasteiger partial charge in [-0.1, -0.05) is 25.1 Å². The van der Waals surface area contributed by atoms with Crippen LogP contribution in [-0.2, 0) is 6.42 Å². The van der Waals surface area contributed by atoms with Crippen LogP contribution in [0.2, 0.25) is 0 Å². The third-order valence-corrected chi connectivity index (χ3v) is 5.36. The Morgan fingerprint density at radius 1 is 1.40 bits per heavy atom. The summed E-state index contributed by atoms with van der Waals surface area (Å²) in [7, 11) is 0. The van der Waals surface area contributed by atoms with Gasteiger partial charge in [0.2, 0.25) is 0 Å². The molecule has 0 unspecified atom stereocenters. The number of benzene rings is 1. The molecule has 0 bridgehead atoms. The van der Waals surface area contributed by atoms with Crippen LogP contribution >= 0.6 is 11.8 Å². The SMILES string of the molecule is CCc1ccccc1C(=O)N1CCC(C#N)(SC)CC1. The van der Waals surface area contributed by atoms with Gasteiger partial charge in [0.15, 0.2) is 0 Å². The molecule has 2 rings (SSSR count). The van der Waals surface area contributed by atoms with E-state index in [2.05, 4.69) is 13.0 Å². The molecule has 3 nitrogen and oxygen atoms in total. The standard InChI is InChI=1S/C16H20N2OS/c1-3-13-6-4-5-7-14(13)15(19)18-10-8-16(12-17,20-2)9-11-18/h4-7H,3,8-11H2,1-2H3. The van der Waals surface area contributed by atoms with E-state index >= 15 is 0 Å². The first-order chi connectivity index (χ1) is 9.65. The van der Waals surface area contributed by atoms with Crippen molar-refractivity contribution < 1.29 is 4.79 Å². The molecule has 0 aliphatic carbocycles. The number of amides is 1. The summed E-state index contributed by atoms with van der Waals surface area (Å²) in [4.78, 5) is 14.5. The minimum absolute atomic E-state index is 0.107. The van der Waals surface area contributed by atoms with E-state index in [1.165, 1.54) is 0 Å². The summed E-state index contributed by atoms with van der Waals surface area (Å²) in [5.74, 6) is 0.107. The van der Waals surface area contributed by atoms with Crippen LogP contribution in [0.15, 0.2) is 24.3 Å². The van der Waals surface area contributed by atoms with Gasteiger partial charge in [-0.25, -0.2) is 0 Å². The summed E-state index contributed by atoms with van der Waals surface area (Å²) in [5, 5.41) is 9.29. The van der Waals surface area contributed by atoms with Crippen molar-refractivity contribution in [3.63, 3.8) is 0 Å². The number of hydrogen-bond donors (Lipinski definition) is 0. The van der Waals surface area contributed by atoms with Crippen molar-refractivity contribution in [2.45, 2.75) is 30.9 Å². The fourth-order valence-electron chi connectivity index (χ4n) is 2.64. The third kappa shape index (κ3) is 2.83. The van der Waals surface area contributed by atoms with E-state index < -0.39 is 0 Å². The lowest BCUT2D eigenvalue weighted by Gasteiger charge is -2.36. The predicted molar refractivity (Wildman–Crippen MR) is 82.8 cm³/mol. The van der Waals surface area contributed by atoms with E-state index in [-0.39, 0.29) is 10.7 Å². The minimum atomic E-state index is -0.305. The smallest absolute Gasteiger partial charge is 0.254 e. The van der Waals surface area contributed by atoms with Crippen molar-refractivity contribution in [3.05, 3.63) is 35.4 Å². The lowest BCUT2D eigenvalue weighted by molar-refractivity contribution is 0.0715. The number of nitriles is 1. The second-order valence-corrected chi connectivity index (χ2v) is 6.30. The van der Waals surface area contributed by atoms with E-state index in [9.17, 15) is 10.1 Å². The van der Waals surface area contributed by atoms with Crippen LogP contribution in [0.25, 0.3) is 0 Å². The van der Waals surface area contributed by atoms with Crippen molar-refractivity contribution in [3.8, 4) is 6.07 Å². The van der Waals surface area contributed by atoms with Crippen LogP contribution in [-0.4, -0.2) is 34.9 Å². The molecule has 1 amide bonds. The molecule has 0 N–H and O–H groups in total. The molecule has 0 spiro atoms. The van der Waals surface area contributed by atoms with Crippen molar-refractivity contribution in [2.24, 2.45) is 0 Å². The van der Waals surface area contributed by atoms with Crippen molar-refractivity contribution in [1.82, 2.24) is 4.90 Å². The van der Waals surface area contributed by atoms with Crippen LogP contribution in [0.3, 0.4) is 0 Å². The fourth-order valence-corrected chi connectivity index (χ4v) is 3.32. The Kier molecular flexibility index (Phi) is 4.72. The predicted octanol–water partition coefficient (Wildman–Crippen LogP) is 3.11. The fraction of sp³-hybridized carbons (Fsp3) is 0.500. The van der Waals surface area contributed by atoms with E-state index in [4.69, 9.17) is 0 Å². The first-order valence-electron chi connectivity index (χ1n) is 6.99. The highest BCUT2D eigenvalue weighted by atomic mass is 32.2. The zero-order valence-electron chi connectivity index (χ0n) is 12.1. The van der Waals surface area contributed by atoms with Crippen LogP contribution in [0.1, 0.15) is 35.7 Å². The maximum Gasteiger partial charge on any atom is 0.254 e. The average Bonchev–Trinajstić information content (AvgIpc) is 2.54. The largest absolute Gasteiger partial charge is 0.338 e. The molecule has 1 aromatic rings. The maximum atomic E-state index is 12.6. The Bertz CT molecular complexity index is 528. The number of rotatable bonds is 3. The quantitative estimate of drug-likeness (QED) is 0.858. The van der Waals surface area contributed by atoms with Gasteiger partial charge in [-0.15, -0.1) is 11.8 Å². The van der Waals surface area contributed by atoms with Gasteiger partial charge < -0.3 is 4.90 Å². The van der Waals surface area contributed by atoms with Gasteiger partial charge in [-0.2, -0.15) is 5.26 Å². The highest BCUT2D eigenvalue weighted by Crippen LogP contribution is 2.34. The average molecular weight is 288 g/mol. The summed E-state index contributed by atoms with van der Waals surface area (Å²) in [6.45, 7) is 3.41. The number of likely N-dealkylation sites (tertiary alicyclic amines) is 1. The summed E-state index contributed by atoms with van der Waals surface area (Å²) in [6, 6.07) is 10.2. The number of carbonyl (C=O) groups excluding carboxylic acids is 1. The maximum absolute atomic E-state index is 12.6. The van der Waals surface area contributed by atoms with E-state index in [1.807, 2.05) is 35.4 Å². The molecular formula is C16H20N2OS. The number of carbonyl (C=O) groups is 1. The lowest BCUT2D eigenvalue weighted by atomic mass is 9.96. The Balaban J connectivity index is 2.11. The highest BCUT2D eigenvalue weighted by molar-refractivity contribution is 8.00. The zero-order chi connectivity index (χ0) is 14.6. The summed E-state index contributed by atoms with van der Waals surface area (Å²) >= 11 is 1.61. The molecule has 1 aliphatic heterocycles. The van der Waals surface area contributed by atoms with Gasteiger partial charge >= 0.3 is 0 Å². The Morgan fingerprint density at radius 3 is 2.60 bits per heavy atom. The third-order valence-electron chi connectivity index (χ3n) is 4.08. The number of nitrogens with zero attached hydrogens (tertiary/aromatic N) is 2. The van der Waals surface area contributed by atoms with Gasteiger partial charge in [0.25, 0.3) is 5.91 Å². The van der Waals surface area contributed by atoms with E-state index in [0.29, 0.717) is 13.1 Å². The summed E-state index contributed by atoms with van der Waals surface area (Å²) in [6.07, 6.45) is 4.35. The van der Waals surface area contributed by atoms with Gasteiger partial charge in [0.1, 0.15) is 4.75 Å². The molecule has 4 heteroatoms. The second kappa shape index (κ2) is 6.32. The number of hydrogen-bond acceptors (Lipinski definition) is 3. The van der Waals surface area contributed by atoms with Gasteiger partial charge in [0, 0.05) is 18.7 Å². The first kappa shape index (κ1) is 14.9. The van der Waals surface area contributed by atoms with Crippen LogP contribution < -0.4 is 0 Å². The molecule has 0 saturated carbocycles. The normalized spacial score (nSPS) is 17.6. The Labute approximate surface area is 125 Å². The molecule has 0 aromatic heterocycles. The molecular weight excluding hydrogens is 268 g/mol. The van der Waals surface area contributed by atoms with Crippen LogP contribution in [0.4, 0.5) is 0 Å². The molecule has 1 saturated heterocycles. The molecule has 1 aliphatic rings. The van der Waals surface area contributed by atoms with Crippen molar-refractivity contribution in [1.29, 1.82) is 5.26 Å². The highest BCUT2D eigenvalue weighted by Gasteiger charge is 2.35. The Morgan fingerprint density at radius 2 is 2.05 bits per heavy atom. The molecule has 1 aromatic carbocycles. The van der Waals surface area contributed by atoms with Gasteiger partial charge in [0.05, 0.1) is 6.07 Å². The van der Waals surface area contributed by atoms with Crippen molar-refractivity contribution >= 4 is 17.7 Å². The van der Waals surface area contributed by atoms with E-state index in [0.717, 1.165) is 30.4 Å². The molecule has 0 radical (unpaired) electrons. The summed E-state index contributed by atoms with van der Waals surface area (Å²) in [5.41, 5.74) is 1.91. The molecule has 106 valence electrons. The Hall–Kier alpha value is -1.47. The number of thioether (sulfide) groups is 1. The van der Waals surface area contributed by atoms with E-state index in [1.54, 1.807) is 11.8 Å². The zero-order valence-corrected chi connectivity index (χ0v) is 12.9. The van der Waals surface area contributed by atoms with Crippen LogP contribution in [0.5, 0.6) is 0 Å². The summed E-state index contributed by atoms with van der Waals surface area (Å²) < 4.78 is -0.305. The molecule has 0 atom stereocenters. The number of aryl methyl sites for hydroxylation is 1.